The SMILES string of the molecule is [NH]C(=O)CCCCCCC(F)(F)Cl. The Morgan fingerprint density at radius 1 is 1.23 bits per heavy atom. The molecular weight excluding hydrogens is 200 g/mol. The Labute approximate surface area is 81.4 Å². The zero-order valence-corrected chi connectivity index (χ0v) is 8.04. The first-order valence-electron chi connectivity index (χ1n) is 4.23. The fourth-order valence-electron chi connectivity index (χ4n) is 0.965. The van der Waals surface area contributed by atoms with Crippen molar-refractivity contribution in [3.8, 4) is 0 Å². The predicted molar refractivity (Wildman–Crippen MR) is 46.6 cm³/mol. The Balaban J connectivity index is 3.13. The van der Waals surface area contributed by atoms with Crippen molar-refractivity contribution < 1.29 is 13.6 Å². The van der Waals surface area contributed by atoms with E-state index in [1.807, 2.05) is 0 Å². The number of hydrogen-bond acceptors (Lipinski definition) is 1. The van der Waals surface area contributed by atoms with Gasteiger partial charge in [0.2, 0.25) is 5.91 Å². The molecule has 0 aromatic carbocycles. The largest absolute Gasteiger partial charge is 0.321 e. The average molecular weight is 213 g/mol. The zero-order chi connectivity index (χ0) is 10.3. The molecule has 1 amide bonds. The Hall–Kier alpha value is -0.380. The Bertz CT molecular complexity index is 159. The molecule has 1 radical (unpaired) electrons. The van der Waals surface area contributed by atoms with Gasteiger partial charge in [-0.05, 0) is 24.4 Å². The summed E-state index contributed by atoms with van der Waals surface area (Å²) in [5.41, 5.74) is 6.58. The first-order chi connectivity index (χ1) is 5.92. The summed E-state index contributed by atoms with van der Waals surface area (Å²) in [5, 5.41) is -3.09. The quantitative estimate of drug-likeness (QED) is 0.473. The predicted octanol–water partition coefficient (Wildman–Crippen LogP) is 2.97. The van der Waals surface area contributed by atoms with Crippen molar-refractivity contribution in [2.24, 2.45) is 0 Å². The van der Waals surface area contributed by atoms with Gasteiger partial charge in [0, 0.05) is 12.8 Å². The molecule has 0 bridgehead atoms. The van der Waals surface area contributed by atoms with Crippen LogP contribution in [0.3, 0.4) is 0 Å². The van der Waals surface area contributed by atoms with E-state index in [4.69, 9.17) is 5.73 Å². The fourth-order valence-corrected chi connectivity index (χ4v) is 1.10. The molecule has 0 atom stereocenters. The van der Waals surface area contributed by atoms with Gasteiger partial charge in [-0.25, -0.2) is 0 Å². The van der Waals surface area contributed by atoms with E-state index in [2.05, 4.69) is 11.6 Å². The lowest BCUT2D eigenvalue weighted by Gasteiger charge is -2.06. The molecule has 2 nitrogen and oxygen atoms in total. The third-order valence-corrected chi connectivity index (χ3v) is 1.80. The van der Waals surface area contributed by atoms with E-state index in [0.29, 0.717) is 25.7 Å². The van der Waals surface area contributed by atoms with Gasteiger partial charge < -0.3 is 0 Å². The summed E-state index contributed by atoms with van der Waals surface area (Å²) in [4.78, 5) is 10.2. The van der Waals surface area contributed by atoms with Crippen LogP contribution in [-0.2, 0) is 4.79 Å². The molecule has 1 N–H and O–H groups in total. The van der Waals surface area contributed by atoms with Crippen LogP contribution in [0.15, 0.2) is 0 Å². The van der Waals surface area contributed by atoms with Crippen LogP contribution in [0, 0.1) is 0 Å². The minimum atomic E-state index is -3.09. The van der Waals surface area contributed by atoms with Crippen molar-refractivity contribution in [3.05, 3.63) is 0 Å². The number of unbranched alkanes of at least 4 members (excludes halogenated alkanes) is 3. The van der Waals surface area contributed by atoms with Crippen LogP contribution < -0.4 is 5.73 Å². The number of hydrogen-bond donors (Lipinski definition) is 0. The number of rotatable bonds is 7. The highest BCUT2D eigenvalue weighted by atomic mass is 35.5. The fraction of sp³-hybridized carbons (Fsp3) is 0.875. The average Bonchev–Trinajstić information content (AvgIpc) is 1.93. The number of carbonyl (C=O) groups excluding carboxylic acids is 1. The maximum absolute atomic E-state index is 12.0. The molecule has 0 spiro atoms. The van der Waals surface area contributed by atoms with Crippen LogP contribution in [-0.4, -0.2) is 11.3 Å². The molecule has 13 heavy (non-hydrogen) atoms. The summed E-state index contributed by atoms with van der Waals surface area (Å²) in [6.45, 7) is 0. The number of nitrogens with one attached hydrogen (secondary N) is 1. The lowest BCUT2D eigenvalue weighted by atomic mass is 10.1. The van der Waals surface area contributed by atoms with Gasteiger partial charge in [0.1, 0.15) is 0 Å². The molecule has 0 unspecified atom stereocenters. The summed E-state index contributed by atoms with van der Waals surface area (Å²) in [6.07, 6.45) is 2.21. The molecule has 0 heterocycles. The number of carbonyl (C=O) groups is 1. The van der Waals surface area contributed by atoms with Crippen molar-refractivity contribution in [1.82, 2.24) is 5.73 Å². The van der Waals surface area contributed by atoms with Crippen LogP contribution in [0.4, 0.5) is 8.78 Å². The van der Waals surface area contributed by atoms with Gasteiger partial charge in [0.15, 0.2) is 0 Å². The van der Waals surface area contributed by atoms with Gasteiger partial charge >= 0.3 is 5.38 Å². The third-order valence-electron chi connectivity index (χ3n) is 1.61. The normalized spacial score (nSPS) is 11.6. The van der Waals surface area contributed by atoms with Gasteiger partial charge in [-0.15, -0.1) is 0 Å². The smallest absolute Gasteiger partial charge is 0.273 e. The van der Waals surface area contributed by atoms with E-state index in [-0.39, 0.29) is 12.8 Å². The van der Waals surface area contributed by atoms with Gasteiger partial charge in [-0.1, -0.05) is 12.8 Å². The summed E-state index contributed by atoms with van der Waals surface area (Å²) in [6, 6.07) is 0. The van der Waals surface area contributed by atoms with Crippen LogP contribution in [0.1, 0.15) is 38.5 Å². The number of amides is 1. The van der Waals surface area contributed by atoms with E-state index in [1.54, 1.807) is 0 Å². The van der Waals surface area contributed by atoms with Crippen molar-refractivity contribution in [2.75, 3.05) is 0 Å². The highest BCUT2D eigenvalue weighted by Crippen LogP contribution is 2.25. The Kier molecular flexibility index (Phi) is 5.95. The van der Waals surface area contributed by atoms with E-state index in [1.165, 1.54) is 0 Å². The molecule has 0 aliphatic carbocycles. The second-order valence-corrected chi connectivity index (χ2v) is 3.51. The molecule has 0 rings (SSSR count). The molecule has 0 aliphatic rings. The molecule has 0 aromatic heterocycles. The lowest BCUT2D eigenvalue weighted by molar-refractivity contribution is -0.118. The van der Waals surface area contributed by atoms with E-state index in [0.717, 1.165) is 0 Å². The first-order valence-corrected chi connectivity index (χ1v) is 4.61. The lowest BCUT2D eigenvalue weighted by Crippen LogP contribution is -2.04. The second-order valence-electron chi connectivity index (χ2n) is 2.95. The van der Waals surface area contributed by atoms with Crippen molar-refractivity contribution in [3.63, 3.8) is 0 Å². The summed E-state index contributed by atoms with van der Waals surface area (Å²) in [7, 11) is 0. The van der Waals surface area contributed by atoms with Gasteiger partial charge in [-0.2, -0.15) is 8.78 Å². The highest BCUT2D eigenvalue weighted by molar-refractivity contribution is 6.21. The molecule has 0 aliphatic heterocycles. The molecule has 0 aromatic rings. The topological polar surface area (TPSA) is 40.9 Å². The van der Waals surface area contributed by atoms with Crippen LogP contribution in [0.2, 0.25) is 0 Å². The Morgan fingerprint density at radius 2 is 1.77 bits per heavy atom. The number of halogens is 3. The van der Waals surface area contributed by atoms with Crippen molar-refractivity contribution >= 4 is 17.5 Å². The Morgan fingerprint density at radius 3 is 2.23 bits per heavy atom. The number of alkyl halides is 3. The van der Waals surface area contributed by atoms with Crippen LogP contribution in [0.5, 0.6) is 0 Å². The zero-order valence-electron chi connectivity index (χ0n) is 7.28. The second kappa shape index (κ2) is 6.13. The van der Waals surface area contributed by atoms with Crippen LogP contribution in [0.25, 0.3) is 0 Å². The first kappa shape index (κ1) is 12.6. The van der Waals surface area contributed by atoms with E-state index < -0.39 is 11.3 Å². The molecular formula is C8H13ClF2NO. The van der Waals surface area contributed by atoms with Crippen molar-refractivity contribution in [2.45, 2.75) is 43.9 Å². The molecule has 5 heteroatoms. The molecule has 77 valence electrons. The standard InChI is InChI=1S/C8H13ClF2NO/c9-8(10,11)6-4-2-1-3-5-7(12)13/h12H,1-6H2. The maximum Gasteiger partial charge on any atom is 0.321 e. The van der Waals surface area contributed by atoms with E-state index >= 15 is 0 Å². The van der Waals surface area contributed by atoms with Crippen LogP contribution >= 0.6 is 11.6 Å². The summed E-state index contributed by atoms with van der Waals surface area (Å²) < 4.78 is 24.1. The van der Waals surface area contributed by atoms with Crippen molar-refractivity contribution in [1.29, 1.82) is 0 Å². The maximum atomic E-state index is 12.0. The monoisotopic (exact) mass is 212 g/mol. The summed E-state index contributed by atoms with van der Waals surface area (Å²) >= 11 is 4.68. The highest BCUT2D eigenvalue weighted by Gasteiger charge is 2.22. The van der Waals surface area contributed by atoms with Gasteiger partial charge in [-0.3, -0.25) is 10.5 Å². The molecule has 0 saturated heterocycles. The van der Waals surface area contributed by atoms with E-state index in [9.17, 15) is 13.6 Å². The van der Waals surface area contributed by atoms with Gasteiger partial charge in [0.05, 0.1) is 0 Å². The third kappa shape index (κ3) is 11.6. The molecule has 0 fully saturated rings. The molecule has 0 saturated carbocycles. The van der Waals surface area contributed by atoms with Gasteiger partial charge in [0.25, 0.3) is 0 Å². The minimum absolute atomic E-state index is 0.220. The summed E-state index contributed by atoms with van der Waals surface area (Å²) in [5.74, 6) is -0.595. The minimum Gasteiger partial charge on any atom is -0.273 e.